The molecule has 0 saturated carbocycles. The van der Waals surface area contributed by atoms with E-state index in [0.29, 0.717) is 10.8 Å². The SMILES string of the molecule is CC(C)(C)CCCCN1CCC1.CCN1CC(CCC(C)(C)C)C1. The van der Waals surface area contributed by atoms with Gasteiger partial charge in [0, 0.05) is 13.1 Å². The highest BCUT2D eigenvalue weighted by Crippen LogP contribution is 2.27. The Labute approximate surface area is 153 Å². The van der Waals surface area contributed by atoms with E-state index in [0.717, 1.165) is 5.92 Å². The Morgan fingerprint density at radius 1 is 0.792 bits per heavy atom. The fourth-order valence-corrected chi connectivity index (χ4v) is 3.35. The van der Waals surface area contributed by atoms with Crippen molar-refractivity contribution in [1.29, 1.82) is 0 Å². The van der Waals surface area contributed by atoms with E-state index in [1.54, 1.807) is 0 Å². The van der Waals surface area contributed by atoms with E-state index >= 15 is 0 Å². The zero-order chi connectivity index (χ0) is 18.2. The summed E-state index contributed by atoms with van der Waals surface area (Å²) in [6.07, 6.45) is 8.42. The van der Waals surface area contributed by atoms with Crippen molar-refractivity contribution in [3.8, 4) is 0 Å². The molecule has 2 heterocycles. The first-order valence-corrected chi connectivity index (χ1v) is 10.5. The van der Waals surface area contributed by atoms with Gasteiger partial charge >= 0.3 is 0 Å². The predicted octanol–water partition coefficient (Wildman–Crippen LogP) is 5.67. The molecule has 0 bridgehead atoms. The normalized spacial score (nSPS) is 20.1. The van der Waals surface area contributed by atoms with E-state index in [1.807, 2.05) is 0 Å². The van der Waals surface area contributed by atoms with Crippen LogP contribution in [0.5, 0.6) is 0 Å². The lowest BCUT2D eigenvalue weighted by Crippen LogP contribution is -2.46. The molecule has 0 radical (unpaired) electrons. The van der Waals surface area contributed by atoms with Crippen LogP contribution in [0.1, 0.15) is 87.0 Å². The number of nitrogens with zero attached hydrogens (tertiary/aromatic N) is 2. The Hall–Kier alpha value is -0.0800. The quantitative estimate of drug-likeness (QED) is 0.552. The van der Waals surface area contributed by atoms with E-state index in [1.165, 1.54) is 77.8 Å². The first-order chi connectivity index (χ1) is 11.1. The van der Waals surface area contributed by atoms with Gasteiger partial charge in [-0.25, -0.2) is 0 Å². The van der Waals surface area contributed by atoms with E-state index in [4.69, 9.17) is 0 Å². The fourth-order valence-electron chi connectivity index (χ4n) is 3.35. The molecule has 0 aliphatic carbocycles. The Morgan fingerprint density at radius 2 is 1.38 bits per heavy atom. The molecule has 24 heavy (non-hydrogen) atoms. The highest BCUT2D eigenvalue weighted by atomic mass is 15.2. The Bertz CT molecular complexity index is 310. The number of unbranched alkanes of at least 4 members (excludes halogenated alkanes) is 1. The molecule has 2 saturated heterocycles. The highest BCUT2D eigenvalue weighted by Gasteiger charge is 2.26. The van der Waals surface area contributed by atoms with Gasteiger partial charge in [-0.05, 0) is 75.0 Å². The molecule has 2 nitrogen and oxygen atoms in total. The summed E-state index contributed by atoms with van der Waals surface area (Å²) in [5.41, 5.74) is 1.07. The van der Waals surface area contributed by atoms with Crippen LogP contribution in [-0.2, 0) is 0 Å². The molecule has 0 N–H and O–H groups in total. The lowest BCUT2D eigenvalue weighted by Gasteiger charge is -2.39. The number of hydrogen-bond acceptors (Lipinski definition) is 2. The molecule has 0 amide bonds. The van der Waals surface area contributed by atoms with Crippen LogP contribution >= 0.6 is 0 Å². The van der Waals surface area contributed by atoms with Gasteiger partial charge in [0.25, 0.3) is 0 Å². The average molecular weight is 339 g/mol. The van der Waals surface area contributed by atoms with Gasteiger partial charge in [-0.3, -0.25) is 0 Å². The maximum absolute atomic E-state index is 2.56. The highest BCUT2D eigenvalue weighted by molar-refractivity contribution is 4.80. The molecule has 144 valence electrons. The van der Waals surface area contributed by atoms with E-state index in [2.05, 4.69) is 58.3 Å². The van der Waals surface area contributed by atoms with Crippen LogP contribution in [0.2, 0.25) is 0 Å². The minimum absolute atomic E-state index is 0.534. The second-order valence-electron chi connectivity index (χ2n) is 10.5. The van der Waals surface area contributed by atoms with Crippen molar-refractivity contribution < 1.29 is 0 Å². The van der Waals surface area contributed by atoms with Crippen molar-refractivity contribution in [3.05, 3.63) is 0 Å². The Kier molecular flexibility index (Phi) is 9.30. The van der Waals surface area contributed by atoms with Crippen LogP contribution in [0, 0.1) is 16.7 Å². The van der Waals surface area contributed by atoms with E-state index in [-0.39, 0.29) is 0 Å². The van der Waals surface area contributed by atoms with Crippen LogP contribution < -0.4 is 0 Å². The molecule has 0 spiro atoms. The molecule has 2 fully saturated rings. The molecule has 2 heteroatoms. The van der Waals surface area contributed by atoms with Gasteiger partial charge in [-0.15, -0.1) is 0 Å². The maximum atomic E-state index is 2.56. The zero-order valence-electron chi connectivity index (χ0n) is 18.0. The molecule has 0 aromatic carbocycles. The molecular weight excluding hydrogens is 292 g/mol. The summed E-state index contributed by atoms with van der Waals surface area (Å²) in [5.74, 6) is 1.00. The van der Waals surface area contributed by atoms with Crippen molar-refractivity contribution in [2.75, 3.05) is 39.3 Å². The largest absolute Gasteiger partial charge is 0.303 e. The summed E-state index contributed by atoms with van der Waals surface area (Å²) >= 11 is 0. The first kappa shape index (κ1) is 22.0. The van der Waals surface area contributed by atoms with Gasteiger partial charge in [0.1, 0.15) is 0 Å². The molecule has 2 rings (SSSR count). The molecule has 0 unspecified atom stereocenters. The van der Waals surface area contributed by atoms with E-state index < -0.39 is 0 Å². The minimum Gasteiger partial charge on any atom is -0.303 e. The third-order valence-electron chi connectivity index (χ3n) is 5.38. The van der Waals surface area contributed by atoms with Crippen molar-refractivity contribution in [2.24, 2.45) is 16.7 Å². The van der Waals surface area contributed by atoms with E-state index in [9.17, 15) is 0 Å². The summed E-state index contributed by atoms with van der Waals surface area (Å²) in [4.78, 5) is 5.08. The fraction of sp³-hybridized carbons (Fsp3) is 1.00. The van der Waals surface area contributed by atoms with Gasteiger partial charge < -0.3 is 9.80 Å². The zero-order valence-corrected chi connectivity index (χ0v) is 18.0. The van der Waals surface area contributed by atoms with Crippen molar-refractivity contribution >= 4 is 0 Å². The average Bonchev–Trinajstić information content (AvgIpc) is 2.33. The van der Waals surface area contributed by atoms with Gasteiger partial charge in [-0.1, -0.05) is 54.9 Å². The molecule has 0 atom stereocenters. The molecular formula is C22H46N2. The summed E-state index contributed by atoms with van der Waals surface area (Å²) < 4.78 is 0. The third-order valence-corrected chi connectivity index (χ3v) is 5.38. The second-order valence-corrected chi connectivity index (χ2v) is 10.5. The lowest BCUT2D eigenvalue weighted by atomic mass is 9.84. The van der Waals surface area contributed by atoms with Crippen molar-refractivity contribution in [1.82, 2.24) is 9.80 Å². The van der Waals surface area contributed by atoms with Gasteiger partial charge in [0.15, 0.2) is 0 Å². The van der Waals surface area contributed by atoms with Crippen LogP contribution in [-0.4, -0.2) is 49.1 Å². The molecule has 0 aromatic heterocycles. The summed E-state index contributed by atoms with van der Waals surface area (Å²) in [5, 5.41) is 0. The monoisotopic (exact) mass is 338 g/mol. The molecule has 0 aromatic rings. The van der Waals surface area contributed by atoms with Crippen LogP contribution in [0.25, 0.3) is 0 Å². The lowest BCUT2D eigenvalue weighted by molar-refractivity contribution is 0.0913. The Morgan fingerprint density at radius 3 is 1.79 bits per heavy atom. The van der Waals surface area contributed by atoms with Crippen LogP contribution in [0.3, 0.4) is 0 Å². The second kappa shape index (κ2) is 10.2. The van der Waals surface area contributed by atoms with Crippen molar-refractivity contribution in [3.63, 3.8) is 0 Å². The van der Waals surface area contributed by atoms with Crippen LogP contribution in [0.15, 0.2) is 0 Å². The summed E-state index contributed by atoms with van der Waals surface area (Å²) in [7, 11) is 0. The number of rotatable bonds is 7. The van der Waals surface area contributed by atoms with Crippen LogP contribution in [0.4, 0.5) is 0 Å². The first-order valence-electron chi connectivity index (χ1n) is 10.5. The van der Waals surface area contributed by atoms with Gasteiger partial charge in [0.05, 0.1) is 0 Å². The van der Waals surface area contributed by atoms with Crippen molar-refractivity contribution in [2.45, 2.75) is 87.0 Å². The molecule has 2 aliphatic heterocycles. The maximum Gasteiger partial charge on any atom is 0.00219 e. The number of likely N-dealkylation sites (tertiary alicyclic amines) is 2. The molecule has 2 aliphatic rings. The smallest absolute Gasteiger partial charge is 0.00219 e. The predicted molar refractivity (Wildman–Crippen MR) is 109 cm³/mol. The Balaban J connectivity index is 0.000000240. The summed E-state index contributed by atoms with van der Waals surface area (Å²) in [6.45, 7) is 24.3. The number of hydrogen-bond donors (Lipinski definition) is 0. The summed E-state index contributed by atoms with van der Waals surface area (Å²) in [6, 6.07) is 0. The van der Waals surface area contributed by atoms with Gasteiger partial charge in [0.2, 0.25) is 0 Å². The standard InChI is InChI=1S/2C11H23N/c1-11(2,3)7-4-5-8-12-9-6-10-12;1-5-12-8-10(9-12)6-7-11(2,3)4/h4-10H2,1-3H3;10H,5-9H2,1-4H3. The van der Waals surface area contributed by atoms with Gasteiger partial charge in [-0.2, -0.15) is 0 Å². The third kappa shape index (κ3) is 10.7. The topological polar surface area (TPSA) is 6.48 Å². The minimum atomic E-state index is 0.534.